The summed E-state index contributed by atoms with van der Waals surface area (Å²) in [4.78, 5) is 3.44. The van der Waals surface area contributed by atoms with Crippen LogP contribution >= 0.6 is 0 Å². The van der Waals surface area contributed by atoms with Gasteiger partial charge in [0.2, 0.25) is 5.95 Å². The third-order valence-electron chi connectivity index (χ3n) is 1.18. The molecule has 2 heteroatoms. The number of halogens is 1. The van der Waals surface area contributed by atoms with Crippen molar-refractivity contribution in [2.24, 2.45) is 0 Å². The average Bonchev–Trinajstić information content (AvgIpc) is 1.95. The molecule has 0 aliphatic rings. The van der Waals surface area contributed by atoms with Crippen molar-refractivity contribution in [2.75, 3.05) is 0 Å². The minimum Gasteiger partial charge on any atom is -0.227 e. The molecule has 0 aromatic carbocycles. The van der Waals surface area contributed by atoms with Crippen LogP contribution in [0.1, 0.15) is 11.1 Å². The maximum atomic E-state index is 12.5. The number of aromatic nitrogens is 1. The lowest BCUT2D eigenvalue weighted by Gasteiger charge is -1.93. The third kappa shape index (κ3) is 1.14. The Balaban J connectivity index is 3.20. The zero-order valence-corrected chi connectivity index (χ0v) is 5.56. The van der Waals surface area contributed by atoms with Gasteiger partial charge in [-0.3, -0.25) is 0 Å². The molecule has 10 heavy (non-hydrogen) atoms. The van der Waals surface area contributed by atoms with Crippen molar-refractivity contribution < 1.29 is 4.39 Å². The van der Waals surface area contributed by atoms with Crippen molar-refractivity contribution in [3.05, 3.63) is 29.3 Å². The van der Waals surface area contributed by atoms with Crippen molar-refractivity contribution in [2.45, 2.75) is 6.92 Å². The van der Waals surface area contributed by atoms with Gasteiger partial charge in [0.25, 0.3) is 0 Å². The number of pyridine rings is 1. The molecule has 0 aliphatic heterocycles. The van der Waals surface area contributed by atoms with Gasteiger partial charge in [0, 0.05) is 17.3 Å². The second-order valence-corrected chi connectivity index (χ2v) is 1.98. The van der Waals surface area contributed by atoms with E-state index in [1.54, 1.807) is 13.0 Å². The SMILES string of the molecule is C#Cc1cnc(F)c(C)c1. The van der Waals surface area contributed by atoms with E-state index in [9.17, 15) is 4.39 Å². The zero-order chi connectivity index (χ0) is 7.56. The highest BCUT2D eigenvalue weighted by Gasteiger charge is 1.96. The summed E-state index contributed by atoms with van der Waals surface area (Å²) in [5, 5.41) is 0. The molecule has 1 heterocycles. The van der Waals surface area contributed by atoms with Crippen molar-refractivity contribution in [3.8, 4) is 12.3 Å². The fourth-order valence-corrected chi connectivity index (χ4v) is 0.637. The van der Waals surface area contributed by atoms with Crippen LogP contribution in [0.3, 0.4) is 0 Å². The molecule has 0 bridgehead atoms. The van der Waals surface area contributed by atoms with Crippen molar-refractivity contribution in [1.82, 2.24) is 4.98 Å². The third-order valence-corrected chi connectivity index (χ3v) is 1.18. The Hall–Kier alpha value is -1.36. The van der Waals surface area contributed by atoms with E-state index in [0.29, 0.717) is 11.1 Å². The topological polar surface area (TPSA) is 12.9 Å². The predicted octanol–water partition coefficient (Wildman–Crippen LogP) is 1.51. The quantitative estimate of drug-likeness (QED) is 0.388. The van der Waals surface area contributed by atoms with E-state index in [2.05, 4.69) is 10.9 Å². The van der Waals surface area contributed by atoms with Crippen LogP contribution in [-0.2, 0) is 0 Å². The van der Waals surface area contributed by atoms with Crippen LogP contribution in [0.5, 0.6) is 0 Å². The van der Waals surface area contributed by atoms with Crippen LogP contribution in [0.15, 0.2) is 12.3 Å². The molecule has 1 nitrogen and oxygen atoms in total. The molecule has 0 unspecified atom stereocenters. The van der Waals surface area contributed by atoms with E-state index in [0.717, 1.165) is 0 Å². The molecule has 0 amide bonds. The second kappa shape index (κ2) is 2.49. The van der Waals surface area contributed by atoms with Gasteiger partial charge in [-0.25, -0.2) is 4.98 Å². The van der Waals surface area contributed by atoms with Gasteiger partial charge < -0.3 is 0 Å². The maximum Gasteiger partial charge on any atom is 0.215 e. The summed E-state index contributed by atoms with van der Waals surface area (Å²) in [6, 6.07) is 1.59. The van der Waals surface area contributed by atoms with Crippen LogP contribution in [0.4, 0.5) is 4.39 Å². The molecule has 0 fully saturated rings. The summed E-state index contributed by atoms with van der Waals surface area (Å²) in [7, 11) is 0. The number of terminal acetylenes is 1. The van der Waals surface area contributed by atoms with E-state index in [1.165, 1.54) is 6.20 Å². The summed E-state index contributed by atoms with van der Waals surface area (Å²) >= 11 is 0. The normalized spacial score (nSPS) is 8.90. The van der Waals surface area contributed by atoms with Crippen LogP contribution < -0.4 is 0 Å². The number of nitrogens with zero attached hydrogens (tertiary/aromatic N) is 1. The molecular weight excluding hydrogens is 129 g/mol. The highest BCUT2D eigenvalue weighted by Crippen LogP contribution is 2.03. The van der Waals surface area contributed by atoms with Gasteiger partial charge in [0.05, 0.1) is 0 Å². The van der Waals surface area contributed by atoms with Crippen molar-refractivity contribution >= 4 is 0 Å². The second-order valence-electron chi connectivity index (χ2n) is 1.98. The van der Waals surface area contributed by atoms with Crippen molar-refractivity contribution in [1.29, 1.82) is 0 Å². The first-order chi connectivity index (χ1) is 4.74. The highest BCUT2D eigenvalue weighted by atomic mass is 19.1. The highest BCUT2D eigenvalue weighted by molar-refractivity contribution is 5.31. The Morgan fingerprint density at radius 2 is 2.40 bits per heavy atom. The number of aryl methyl sites for hydroxylation is 1. The Kier molecular flexibility index (Phi) is 1.68. The Morgan fingerprint density at radius 1 is 1.70 bits per heavy atom. The molecule has 0 aliphatic carbocycles. The van der Waals surface area contributed by atoms with Gasteiger partial charge in [-0.2, -0.15) is 4.39 Å². The van der Waals surface area contributed by atoms with E-state index >= 15 is 0 Å². The average molecular weight is 135 g/mol. The summed E-state index contributed by atoms with van der Waals surface area (Å²) in [6.45, 7) is 1.63. The van der Waals surface area contributed by atoms with Gasteiger partial charge in [-0.05, 0) is 13.0 Å². The van der Waals surface area contributed by atoms with E-state index in [1.807, 2.05) is 0 Å². The molecule has 0 saturated heterocycles. The molecule has 0 atom stereocenters. The number of hydrogen-bond donors (Lipinski definition) is 0. The molecule has 1 aromatic rings. The lowest BCUT2D eigenvalue weighted by atomic mass is 10.2. The van der Waals surface area contributed by atoms with Gasteiger partial charge in [0.15, 0.2) is 0 Å². The standard InChI is InChI=1S/C8H6FN/c1-3-7-4-6(2)8(9)10-5-7/h1,4-5H,2H3. The fourth-order valence-electron chi connectivity index (χ4n) is 0.637. The molecule has 0 saturated carbocycles. The summed E-state index contributed by atoms with van der Waals surface area (Å²) in [5.41, 5.74) is 1.09. The monoisotopic (exact) mass is 135 g/mol. The van der Waals surface area contributed by atoms with Gasteiger partial charge in [-0.15, -0.1) is 6.42 Å². The molecule has 0 radical (unpaired) electrons. The molecule has 0 spiro atoms. The van der Waals surface area contributed by atoms with Gasteiger partial charge >= 0.3 is 0 Å². The lowest BCUT2D eigenvalue weighted by Crippen LogP contribution is -1.88. The zero-order valence-electron chi connectivity index (χ0n) is 5.56. The number of rotatable bonds is 0. The first-order valence-electron chi connectivity index (χ1n) is 2.83. The van der Waals surface area contributed by atoms with Crippen LogP contribution in [-0.4, -0.2) is 4.98 Å². The van der Waals surface area contributed by atoms with Gasteiger partial charge in [0.1, 0.15) is 0 Å². The summed E-state index contributed by atoms with van der Waals surface area (Å²) in [5.74, 6) is 1.91. The van der Waals surface area contributed by atoms with E-state index in [4.69, 9.17) is 6.42 Å². The van der Waals surface area contributed by atoms with Gasteiger partial charge in [-0.1, -0.05) is 5.92 Å². The van der Waals surface area contributed by atoms with E-state index < -0.39 is 5.95 Å². The minimum atomic E-state index is -0.459. The Morgan fingerprint density at radius 3 is 2.90 bits per heavy atom. The lowest BCUT2D eigenvalue weighted by molar-refractivity contribution is 0.574. The molecular formula is C8H6FN. The predicted molar refractivity (Wildman–Crippen MR) is 36.9 cm³/mol. The first-order valence-corrected chi connectivity index (χ1v) is 2.83. The fraction of sp³-hybridized carbons (Fsp3) is 0.125. The van der Waals surface area contributed by atoms with Crippen LogP contribution in [0, 0.1) is 25.2 Å². The van der Waals surface area contributed by atoms with Crippen molar-refractivity contribution in [3.63, 3.8) is 0 Å². The molecule has 1 aromatic heterocycles. The summed E-state index contributed by atoms with van der Waals surface area (Å²) < 4.78 is 12.5. The molecule has 1 rings (SSSR count). The van der Waals surface area contributed by atoms with E-state index in [-0.39, 0.29) is 0 Å². The molecule has 50 valence electrons. The molecule has 0 N–H and O–H groups in total. The largest absolute Gasteiger partial charge is 0.227 e. The van der Waals surface area contributed by atoms with Crippen LogP contribution in [0.2, 0.25) is 0 Å². The first kappa shape index (κ1) is 6.76. The maximum absolute atomic E-state index is 12.5. The Labute approximate surface area is 58.9 Å². The minimum absolute atomic E-state index is 0.459. The number of hydrogen-bond acceptors (Lipinski definition) is 1. The summed E-state index contributed by atoms with van der Waals surface area (Å²) in [6.07, 6.45) is 6.39. The van der Waals surface area contributed by atoms with Crippen LogP contribution in [0.25, 0.3) is 0 Å². The smallest absolute Gasteiger partial charge is 0.215 e. The Bertz CT molecular complexity index is 286.